The van der Waals surface area contributed by atoms with Crippen LogP contribution in [-0.2, 0) is 11.8 Å². The number of rotatable bonds is 2. The summed E-state index contributed by atoms with van der Waals surface area (Å²) in [6.45, 7) is 6.87. The summed E-state index contributed by atoms with van der Waals surface area (Å²) in [6.07, 6.45) is 3.37. The van der Waals surface area contributed by atoms with Crippen molar-refractivity contribution in [1.82, 2.24) is 0 Å². The molecule has 25 heavy (non-hydrogen) atoms. The molecule has 3 aromatic rings. The Kier molecular flexibility index (Phi) is 3.84. The molecule has 0 aromatic heterocycles. The van der Waals surface area contributed by atoms with E-state index < -0.39 is 0 Å². The fourth-order valence-electron chi connectivity index (χ4n) is 3.82. The predicted molar refractivity (Wildman–Crippen MR) is 109 cm³/mol. The quantitative estimate of drug-likeness (QED) is 0.489. The fourth-order valence-corrected chi connectivity index (χ4v) is 3.82. The van der Waals surface area contributed by atoms with Crippen LogP contribution in [0.15, 0.2) is 72.8 Å². The third-order valence-corrected chi connectivity index (χ3v) is 5.06. The Hall–Kier alpha value is -2.60. The molecule has 0 heteroatoms. The van der Waals surface area contributed by atoms with Crippen LogP contribution < -0.4 is 0 Å². The van der Waals surface area contributed by atoms with Crippen molar-refractivity contribution in [3.63, 3.8) is 0 Å². The van der Waals surface area contributed by atoms with Crippen molar-refractivity contribution in [3.05, 3.63) is 95.1 Å². The maximum Gasteiger partial charge on any atom is -0.00135 e. The van der Waals surface area contributed by atoms with Crippen molar-refractivity contribution in [3.8, 4) is 11.1 Å². The van der Waals surface area contributed by atoms with Crippen molar-refractivity contribution >= 4 is 11.6 Å². The predicted octanol–water partition coefficient (Wildman–Crippen LogP) is 6.75. The van der Waals surface area contributed by atoms with E-state index in [1.165, 1.54) is 39.0 Å². The van der Waals surface area contributed by atoms with Gasteiger partial charge in [-0.2, -0.15) is 0 Å². The molecule has 1 aliphatic carbocycles. The highest BCUT2D eigenvalue weighted by atomic mass is 14.3. The van der Waals surface area contributed by atoms with Gasteiger partial charge in [0.25, 0.3) is 0 Å². The summed E-state index contributed by atoms with van der Waals surface area (Å²) in [4.78, 5) is 0. The van der Waals surface area contributed by atoms with E-state index in [0.717, 1.165) is 6.42 Å². The zero-order chi connectivity index (χ0) is 17.4. The van der Waals surface area contributed by atoms with Gasteiger partial charge in [-0.15, -0.1) is 0 Å². The zero-order valence-electron chi connectivity index (χ0n) is 15.2. The Bertz CT molecular complexity index is 952. The molecule has 0 unspecified atom stereocenters. The van der Waals surface area contributed by atoms with Crippen molar-refractivity contribution in [2.45, 2.75) is 32.6 Å². The zero-order valence-corrected chi connectivity index (χ0v) is 15.2. The molecule has 0 bridgehead atoms. The second-order valence-electron chi connectivity index (χ2n) is 7.89. The minimum absolute atomic E-state index is 0.122. The second-order valence-corrected chi connectivity index (χ2v) is 7.89. The molecule has 0 amide bonds. The Balaban J connectivity index is 1.86. The maximum absolute atomic E-state index is 2.36. The monoisotopic (exact) mass is 324 g/mol. The van der Waals surface area contributed by atoms with Crippen LogP contribution in [0.5, 0.6) is 0 Å². The van der Waals surface area contributed by atoms with E-state index in [4.69, 9.17) is 0 Å². The Morgan fingerprint density at radius 3 is 1.96 bits per heavy atom. The molecule has 124 valence electrons. The summed E-state index contributed by atoms with van der Waals surface area (Å²) < 4.78 is 0. The lowest BCUT2D eigenvalue weighted by Crippen LogP contribution is -2.12. The van der Waals surface area contributed by atoms with Gasteiger partial charge >= 0.3 is 0 Å². The molecule has 0 heterocycles. The lowest BCUT2D eigenvalue weighted by atomic mass is 9.80. The minimum atomic E-state index is 0.122. The fraction of sp³-hybridized carbons (Fsp3) is 0.200. The van der Waals surface area contributed by atoms with Gasteiger partial charge in [-0.1, -0.05) is 99.6 Å². The third-order valence-electron chi connectivity index (χ3n) is 5.06. The average molecular weight is 324 g/mol. The highest BCUT2D eigenvalue weighted by Gasteiger charge is 2.21. The van der Waals surface area contributed by atoms with E-state index in [0.29, 0.717) is 0 Å². The standard InChI is InChI=1S/C25H24/c1-25(2,3)24-15-9-8-14-23(24)22-13-7-6-12-21(22)20-16-18-10-4-5-11-19(18)17-20/h4-16H,17H2,1-3H3. The summed E-state index contributed by atoms with van der Waals surface area (Å²) >= 11 is 0. The Morgan fingerprint density at radius 1 is 0.640 bits per heavy atom. The smallest absolute Gasteiger partial charge is 0.00135 e. The lowest BCUT2D eigenvalue weighted by Gasteiger charge is -2.24. The molecule has 0 radical (unpaired) electrons. The molecule has 0 spiro atoms. The van der Waals surface area contributed by atoms with Crippen molar-refractivity contribution in [2.75, 3.05) is 0 Å². The first-order valence-electron chi connectivity index (χ1n) is 9.02. The summed E-state index contributed by atoms with van der Waals surface area (Å²) in [7, 11) is 0. The molecule has 0 atom stereocenters. The molecular weight excluding hydrogens is 300 g/mol. The first kappa shape index (κ1) is 15.9. The number of hydrogen-bond donors (Lipinski definition) is 0. The van der Waals surface area contributed by atoms with E-state index in [-0.39, 0.29) is 5.41 Å². The average Bonchev–Trinajstić information content (AvgIpc) is 3.05. The van der Waals surface area contributed by atoms with Gasteiger partial charge in [0.05, 0.1) is 0 Å². The molecule has 0 aliphatic heterocycles. The first-order chi connectivity index (χ1) is 12.0. The van der Waals surface area contributed by atoms with Gasteiger partial charge in [0.1, 0.15) is 0 Å². The van der Waals surface area contributed by atoms with Crippen LogP contribution in [0, 0.1) is 0 Å². The number of hydrogen-bond acceptors (Lipinski definition) is 0. The third kappa shape index (κ3) is 2.93. The molecule has 0 saturated heterocycles. The number of benzene rings is 3. The van der Waals surface area contributed by atoms with Crippen LogP contribution in [0.3, 0.4) is 0 Å². The van der Waals surface area contributed by atoms with Gasteiger partial charge < -0.3 is 0 Å². The van der Waals surface area contributed by atoms with Crippen LogP contribution in [-0.4, -0.2) is 0 Å². The summed E-state index contributed by atoms with van der Waals surface area (Å²) in [5.74, 6) is 0. The molecular formula is C25H24. The van der Waals surface area contributed by atoms with E-state index in [2.05, 4.69) is 99.6 Å². The maximum atomic E-state index is 2.36. The molecule has 0 saturated carbocycles. The van der Waals surface area contributed by atoms with Crippen LogP contribution in [0.2, 0.25) is 0 Å². The minimum Gasteiger partial charge on any atom is -0.0619 e. The van der Waals surface area contributed by atoms with E-state index in [1.54, 1.807) is 0 Å². The van der Waals surface area contributed by atoms with Gasteiger partial charge in [-0.3, -0.25) is 0 Å². The molecule has 3 aromatic carbocycles. The normalized spacial score (nSPS) is 13.5. The van der Waals surface area contributed by atoms with Gasteiger partial charge in [-0.05, 0) is 50.8 Å². The van der Waals surface area contributed by atoms with Crippen molar-refractivity contribution < 1.29 is 0 Å². The van der Waals surface area contributed by atoms with E-state index >= 15 is 0 Å². The van der Waals surface area contributed by atoms with Crippen LogP contribution >= 0.6 is 0 Å². The number of fused-ring (bicyclic) bond motifs is 1. The molecule has 4 rings (SSSR count). The van der Waals surface area contributed by atoms with E-state index in [1.807, 2.05) is 0 Å². The molecule has 0 fully saturated rings. The number of allylic oxidation sites excluding steroid dienone is 1. The van der Waals surface area contributed by atoms with Crippen LogP contribution in [0.4, 0.5) is 0 Å². The van der Waals surface area contributed by atoms with Gasteiger partial charge in [0.15, 0.2) is 0 Å². The summed E-state index contributed by atoms with van der Waals surface area (Å²) in [5.41, 5.74) is 9.77. The molecule has 0 nitrogen and oxygen atoms in total. The molecule has 1 aliphatic rings. The Morgan fingerprint density at radius 2 is 1.24 bits per heavy atom. The SMILES string of the molecule is CC(C)(C)c1ccccc1-c1ccccc1C1=Cc2ccccc2C1. The largest absolute Gasteiger partial charge is 0.0619 e. The van der Waals surface area contributed by atoms with Crippen molar-refractivity contribution in [1.29, 1.82) is 0 Å². The Labute approximate surface area is 150 Å². The van der Waals surface area contributed by atoms with E-state index in [9.17, 15) is 0 Å². The van der Waals surface area contributed by atoms with Gasteiger partial charge in [0.2, 0.25) is 0 Å². The highest BCUT2D eigenvalue weighted by Crippen LogP contribution is 2.40. The van der Waals surface area contributed by atoms with Crippen LogP contribution in [0.25, 0.3) is 22.8 Å². The van der Waals surface area contributed by atoms with Crippen molar-refractivity contribution in [2.24, 2.45) is 0 Å². The first-order valence-corrected chi connectivity index (χ1v) is 9.02. The summed E-state index contributed by atoms with van der Waals surface area (Å²) in [5, 5.41) is 0. The van der Waals surface area contributed by atoms with Gasteiger partial charge in [0, 0.05) is 0 Å². The topological polar surface area (TPSA) is 0 Å². The second kappa shape index (κ2) is 6.04. The van der Waals surface area contributed by atoms with Gasteiger partial charge in [-0.25, -0.2) is 0 Å². The summed E-state index contributed by atoms with van der Waals surface area (Å²) in [6, 6.07) is 26.4. The van der Waals surface area contributed by atoms with Crippen LogP contribution in [0.1, 0.15) is 43.0 Å². The lowest BCUT2D eigenvalue weighted by molar-refractivity contribution is 0.592. The highest BCUT2D eigenvalue weighted by molar-refractivity contribution is 5.94. The molecule has 0 N–H and O–H groups in total.